The van der Waals surface area contributed by atoms with Gasteiger partial charge >= 0.3 is 0 Å². The first-order valence-corrected chi connectivity index (χ1v) is 6.29. The number of amides is 1. The smallest absolute Gasteiger partial charge is 0.263 e. The number of hydrogen-bond donors (Lipinski definition) is 0. The monoisotopic (exact) mass is 223 g/mol. The van der Waals surface area contributed by atoms with E-state index in [0.29, 0.717) is 5.41 Å². The van der Waals surface area contributed by atoms with E-state index < -0.39 is 0 Å². The zero-order valence-corrected chi connectivity index (χ0v) is 10.1. The summed E-state index contributed by atoms with van der Waals surface area (Å²) >= 11 is 1.53. The number of thiophene rings is 1. The third kappa shape index (κ3) is 2.40. The Morgan fingerprint density at radius 1 is 1.40 bits per heavy atom. The number of nitrogens with zero attached hydrogens (tertiary/aromatic N) is 1. The molecule has 0 bridgehead atoms. The molecule has 3 heteroatoms. The largest absolute Gasteiger partial charge is 0.338 e. The Balaban J connectivity index is 2.00. The van der Waals surface area contributed by atoms with Crippen LogP contribution in [-0.4, -0.2) is 23.9 Å². The van der Waals surface area contributed by atoms with Crippen LogP contribution >= 0.6 is 11.3 Å². The molecule has 0 spiro atoms. The maximum atomic E-state index is 12.0. The highest BCUT2D eigenvalue weighted by atomic mass is 32.1. The van der Waals surface area contributed by atoms with Crippen LogP contribution < -0.4 is 0 Å². The summed E-state index contributed by atoms with van der Waals surface area (Å²) in [5.41, 5.74) is 0.409. The number of piperidine rings is 1. The van der Waals surface area contributed by atoms with Gasteiger partial charge < -0.3 is 4.90 Å². The van der Waals surface area contributed by atoms with E-state index in [2.05, 4.69) is 13.8 Å². The van der Waals surface area contributed by atoms with E-state index in [1.165, 1.54) is 11.3 Å². The summed E-state index contributed by atoms with van der Waals surface area (Å²) in [6.07, 6.45) is 2.23. The molecule has 2 nitrogen and oxygen atoms in total. The van der Waals surface area contributed by atoms with Gasteiger partial charge in [0, 0.05) is 13.1 Å². The van der Waals surface area contributed by atoms with E-state index in [9.17, 15) is 4.79 Å². The van der Waals surface area contributed by atoms with Crippen molar-refractivity contribution in [3.63, 3.8) is 0 Å². The first-order valence-electron chi connectivity index (χ1n) is 5.41. The zero-order valence-electron chi connectivity index (χ0n) is 9.32. The summed E-state index contributed by atoms with van der Waals surface area (Å²) in [5.74, 6) is 0.209. The molecule has 82 valence electrons. The van der Waals surface area contributed by atoms with Gasteiger partial charge in [0.15, 0.2) is 0 Å². The van der Waals surface area contributed by atoms with Gasteiger partial charge in [0.1, 0.15) is 0 Å². The third-order valence-electron chi connectivity index (χ3n) is 3.14. The summed E-state index contributed by atoms with van der Waals surface area (Å²) in [6.45, 7) is 6.37. The molecular weight excluding hydrogens is 206 g/mol. The lowest BCUT2D eigenvalue weighted by molar-refractivity contribution is 0.0635. The van der Waals surface area contributed by atoms with Crippen LogP contribution in [0, 0.1) is 5.41 Å². The van der Waals surface area contributed by atoms with Crippen LogP contribution in [0.4, 0.5) is 0 Å². The minimum absolute atomic E-state index is 0.209. The maximum absolute atomic E-state index is 12.0. The Morgan fingerprint density at radius 3 is 2.60 bits per heavy atom. The van der Waals surface area contributed by atoms with Gasteiger partial charge in [0.2, 0.25) is 0 Å². The molecule has 1 fully saturated rings. The minimum atomic E-state index is 0.209. The minimum Gasteiger partial charge on any atom is -0.338 e. The summed E-state index contributed by atoms with van der Waals surface area (Å²) < 4.78 is 0. The normalized spacial score (nSPS) is 20.3. The van der Waals surface area contributed by atoms with Gasteiger partial charge in [-0.3, -0.25) is 4.79 Å². The molecule has 15 heavy (non-hydrogen) atoms. The number of rotatable bonds is 1. The second-order valence-electron chi connectivity index (χ2n) is 4.93. The van der Waals surface area contributed by atoms with Gasteiger partial charge in [-0.05, 0) is 29.7 Å². The van der Waals surface area contributed by atoms with Crippen molar-refractivity contribution in [1.82, 2.24) is 4.90 Å². The first-order chi connectivity index (χ1) is 7.08. The molecule has 0 saturated carbocycles. The average molecular weight is 223 g/mol. The molecule has 2 rings (SSSR count). The topological polar surface area (TPSA) is 20.3 Å². The molecule has 0 atom stereocenters. The van der Waals surface area contributed by atoms with Crippen molar-refractivity contribution in [3.8, 4) is 0 Å². The molecule has 0 unspecified atom stereocenters. The van der Waals surface area contributed by atoms with Crippen molar-refractivity contribution in [3.05, 3.63) is 22.4 Å². The predicted molar refractivity (Wildman–Crippen MR) is 63.2 cm³/mol. The van der Waals surface area contributed by atoms with Crippen molar-refractivity contribution in [2.75, 3.05) is 13.1 Å². The van der Waals surface area contributed by atoms with Crippen molar-refractivity contribution in [2.45, 2.75) is 26.7 Å². The van der Waals surface area contributed by atoms with E-state index in [-0.39, 0.29) is 5.91 Å². The number of hydrogen-bond acceptors (Lipinski definition) is 2. The molecule has 0 radical (unpaired) electrons. The van der Waals surface area contributed by atoms with Crippen LogP contribution in [0.25, 0.3) is 0 Å². The molecule has 2 heterocycles. The Bertz CT molecular complexity index is 333. The van der Waals surface area contributed by atoms with Crippen LogP contribution in [0.2, 0.25) is 0 Å². The molecule has 1 aromatic heterocycles. The van der Waals surface area contributed by atoms with E-state index in [4.69, 9.17) is 0 Å². The van der Waals surface area contributed by atoms with Crippen molar-refractivity contribution < 1.29 is 4.79 Å². The molecule has 1 amide bonds. The van der Waals surface area contributed by atoms with Crippen molar-refractivity contribution >= 4 is 17.2 Å². The second-order valence-corrected chi connectivity index (χ2v) is 5.88. The van der Waals surface area contributed by atoms with Crippen LogP contribution in [0.5, 0.6) is 0 Å². The highest BCUT2D eigenvalue weighted by Crippen LogP contribution is 2.30. The molecule has 1 aliphatic rings. The number of carbonyl (C=O) groups is 1. The van der Waals surface area contributed by atoms with Gasteiger partial charge in [-0.15, -0.1) is 11.3 Å². The molecule has 0 N–H and O–H groups in total. The molecular formula is C12H17NOS. The van der Waals surface area contributed by atoms with Gasteiger partial charge in [0.05, 0.1) is 4.88 Å². The molecule has 1 aliphatic heterocycles. The Labute approximate surface area is 94.9 Å². The van der Waals surface area contributed by atoms with E-state index in [1.54, 1.807) is 0 Å². The second kappa shape index (κ2) is 3.97. The van der Waals surface area contributed by atoms with Crippen molar-refractivity contribution in [2.24, 2.45) is 5.41 Å². The van der Waals surface area contributed by atoms with Crippen LogP contribution in [0.3, 0.4) is 0 Å². The highest BCUT2D eigenvalue weighted by molar-refractivity contribution is 7.12. The SMILES string of the molecule is CC1(C)CCN(C(=O)c2cccs2)CC1. The average Bonchev–Trinajstić information content (AvgIpc) is 2.69. The Kier molecular flexibility index (Phi) is 2.83. The van der Waals surface area contributed by atoms with Gasteiger partial charge in [0.25, 0.3) is 5.91 Å². The zero-order chi connectivity index (χ0) is 10.9. The third-order valence-corrected chi connectivity index (χ3v) is 3.99. The number of carbonyl (C=O) groups excluding carboxylic acids is 1. The van der Waals surface area contributed by atoms with E-state index in [0.717, 1.165) is 30.8 Å². The summed E-state index contributed by atoms with van der Waals surface area (Å²) in [7, 11) is 0. The van der Waals surface area contributed by atoms with Crippen LogP contribution in [0.15, 0.2) is 17.5 Å². The van der Waals surface area contributed by atoms with Crippen LogP contribution in [0.1, 0.15) is 36.4 Å². The fraction of sp³-hybridized carbons (Fsp3) is 0.583. The van der Waals surface area contributed by atoms with Crippen LogP contribution in [-0.2, 0) is 0 Å². The predicted octanol–water partition coefficient (Wildman–Crippen LogP) is 3.01. The molecule has 1 aromatic rings. The quantitative estimate of drug-likeness (QED) is 0.716. The molecule has 0 aromatic carbocycles. The van der Waals surface area contributed by atoms with Gasteiger partial charge in [-0.25, -0.2) is 0 Å². The summed E-state index contributed by atoms with van der Waals surface area (Å²) in [5, 5.41) is 1.96. The summed E-state index contributed by atoms with van der Waals surface area (Å²) in [6, 6.07) is 3.85. The Hall–Kier alpha value is -0.830. The highest BCUT2D eigenvalue weighted by Gasteiger charge is 2.28. The molecule has 0 aliphatic carbocycles. The Morgan fingerprint density at radius 2 is 2.07 bits per heavy atom. The fourth-order valence-corrected chi connectivity index (χ4v) is 2.56. The van der Waals surface area contributed by atoms with Gasteiger partial charge in [-0.1, -0.05) is 19.9 Å². The first kappa shape index (κ1) is 10.7. The lowest BCUT2D eigenvalue weighted by Crippen LogP contribution is -2.40. The van der Waals surface area contributed by atoms with Crippen molar-refractivity contribution in [1.29, 1.82) is 0 Å². The standard InChI is InChI=1S/C12H17NOS/c1-12(2)5-7-13(8-6-12)11(14)10-4-3-9-15-10/h3-4,9H,5-8H2,1-2H3. The lowest BCUT2D eigenvalue weighted by atomic mass is 9.82. The lowest BCUT2D eigenvalue weighted by Gasteiger charge is -2.36. The molecule has 1 saturated heterocycles. The fourth-order valence-electron chi connectivity index (χ4n) is 1.87. The van der Waals surface area contributed by atoms with E-state index >= 15 is 0 Å². The van der Waals surface area contributed by atoms with Gasteiger partial charge in [-0.2, -0.15) is 0 Å². The maximum Gasteiger partial charge on any atom is 0.263 e. The summed E-state index contributed by atoms with van der Waals surface area (Å²) in [4.78, 5) is 14.9. The number of likely N-dealkylation sites (tertiary alicyclic amines) is 1. The van der Waals surface area contributed by atoms with E-state index in [1.807, 2.05) is 22.4 Å².